The van der Waals surface area contributed by atoms with Gasteiger partial charge in [-0.2, -0.15) is 0 Å². The van der Waals surface area contributed by atoms with Crippen LogP contribution >= 0.6 is 0 Å². The van der Waals surface area contributed by atoms with Gasteiger partial charge in [0.1, 0.15) is 19.8 Å². The number of rotatable bonds is 5. The third-order valence-electron chi connectivity index (χ3n) is 6.27. The normalized spacial score (nSPS) is 17.5. The number of para-hydroxylation sites is 1. The molecule has 7 nitrogen and oxygen atoms in total. The number of piperidine rings is 1. The van der Waals surface area contributed by atoms with Gasteiger partial charge in [-0.25, -0.2) is 0 Å². The number of amides is 1. The molecule has 0 radical (unpaired) electrons. The molecule has 2 aromatic rings. The lowest BCUT2D eigenvalue weighted by atomic mass is 9.88. The minimum absolute atomic E-state index is 0.0345. The van der Waals surface area contributed by atoms with Gasteiger partial charge in [-0.3, -0.25) is 9.59 Å². The Bertz CT molecular complexity index is 1100. The van der Waals surface area contributed by atoms with Crippen LogP contribution in [0.5, 0.6) is 23.0 Å². The van der Waals surface area contributed by atoms with E-state index in [0.717, 1.165) is 5.56 Å². The predicted molar refractivity (Wildman–Crippen MR) is 122 cm³/mol. The van der Waals surface area contributed by atoms with Crippen molar-refractivity contribution >= 4 is 17.8 Å². The molecule has 0 aliphatic carbocycles. The van der Waals surface area contributed by atoms with Gasteiger partial charge in [0, 0.05) is 30.1 Å². The second kappa shape index (κ2) is 9.17. The molecule has 3 aliphatic rings. The minimum atomic E-state index is -0.109. The fraction of sp³-hybridized carbons (Fsp3) is 0.385. The summed E-state index contributed by atoms with van der Waals surface area (Å²) in [5.41, 5.74) is 2.10. The first-order valence-electron chi connectivity index (χ1n) is 11.5. The van der Waals surface area contributed by atoms with E-state index in [1.807, 2.05) is 36.1 Å². The maximum absolute atomic E-state index is 13.1. The summed E-state index contributed by atoms with van der Waals surface area (Å²) in [6.07, 6.45) is 3.16. The number of carbonyl (C=O) groups is 2. The highest BCUT2D eigenvalue weighted by Gasteiger charge is 2.31. The van der Waals surface area contributed by atoms with Gasteiger partial charge in [-0.1, -0.05) is 12.1 Å². The first kappa shape index (κ1) is 21.4. The second-order valence-electron chi connectivity index (χ2n) is 8.35. The summed E-state index contributed by atoms with van der Waals surface area (Å²) in [6.45, 7) is 4.79. The van der Waals surface area contributed by atoms with E-state index in [1.54, 1.807) is 18.2 Å². The Morgan fingerprint density at radius 3 is 2.61 bits per heavy atom. The first-order chi connectivity index (χ1) is 16.1. The van der Waals surface area contributed by atoms with E-state index < -0.39 is 0 Å². The lowest BCUT2D eigenvalue weighted by molar-refractivity contribution is -0.128. The summed E-state index contributed by atoms with van der Waals surface area (Å²) in [5.74, 6) is 2.62. The molecule has 7 heteroatoms. The van der Waals surface area contributed by atoms with Crippen LogP contribution in [-0.4, -0.2) is 56.1 Å². The van der Waals surface area contributed by atoms with Gasteiger partial charge in [0.2, 0.25) is 0 Å². The van der Waals surface area contributed by atoms with Crippen molar-refractivity contribution in [3.63, 3.8) is 0 Å². The van der Waals surface area contributed by atoms with Crippen molar-refractivity contribution in [3.05, 3.63) is 53.1 Å². The van der Waals surface area contributed by atoms with Gasteiger partial charge in [-0.05, 0) is 50.1 Å². The zero-order valence-corrected chi connectivity index (χ0v) is 18.7. The number of ketones is 1. The van der Waals surface area contributed by atoms with Crippen LogP contribution < -0.4 is 18.9 Å². The molecule has 2 aromatic carbocycles. The van der Waals surface area contributed by atoms with Crippen LogP contribution in [-0.2, 0) is 4.79 Å². The lowest BCUT2D eigenvalue weighted by Gasteiger charge is -2.32. The number of hydrogen-bond acceptors (Lipinski definition) is 6. The molecule has 1 amide bonds. The van der Waals surface area contributed by atoms with Crippen molar-refractivity contribution in [2.75, 3.05) is 39.5 Å². The number of benzene rings is 2. The van der Waals surface area contributed by atoms with E-state index >= 15 is 0 Å². The van der Waals surface area contributed by atoms with Crippen molar-refractivity contribution in [2.45, 2.75) is 19.8 Å². The van der Waals surface area contributed by atoms with Crippen molar-refractivity contribution in [2.24, 2.45) is 5.92 Å². The molecule has 0 spiro atoms. The highest BCUT2D eigenvalue weighted by atomic mass is 16.6. The number of Topliss-reactive ketones (excluding diaryl/α,β-unsaturated/α-hetero) is 1. The SMILES string of the molecule is CCOc1cccc2c1OCC(C(=O)N1CCC(C(=O)c3ccc4c(c3)OCCO4)CC1)=C2. The molecule has 1 saturated heterocycles. The van der Waals surface area contributed by atoms with E-state index in [-0.39, 0.29) is 24.2 Å². The molecular weight excluding hydrogens is 422 g/mol. The maximum Gasteiger partial charge on any atom is 0.253 e. The molecular formula is C26H27NO6. The van der Waals surface area contributed by atoms with Gasteiger partial charge in [0.15, 0.2) is 28.8 Å². The second-order valence-corrected chi connectivity index (χ2v) is 8.35. The van der Waals surface area contributed by atoms with Crippen LogP contribution in [0.2, 0.25) is 0 Å². The number of fused-ring (bicyclic) bond motifs is 2. The number of hydrogen-bond donors (Lipinski definition) is 0. The fourth-order valence-corrected chi connectivity index (χ4v) is 4.55. The molecule has 0 atom stereocenters. The van der Waals surface area contributed by atoms with Gasteiger partial charge in [-0.15, -0.1) is 0 Å². The van der Waals surface area contributed by atoms with Gasteiger partial charge >= 0.3 is 0 Å². The molecule has 0 saturated carbocycles. The Morgan fingerprint density at radius 1 is 1.03 bits per heavy atom. The van der Waals surface area contributed by atoms with Crippen LogP contribution in [0.3, 0.4) is 0 Å². The molecule has 33 heavy (non-hydrogen) atoms. The highest BCUT2D eigenvalue weighted by molar-refractivity contribution is 6.00. The molecule has 0 N–H and O–H groups in total. The van der Waals surface area contributed by atoms with Crippen molar-refractivity contribution in [1.82, 2.24) is 4.90 Å². The topological polar surface area (TPSA) is 74.3 Å². The summed E-state index contributed by atoms with van der Waals surface area (Å²) in [7, 11) is 0. The largest absolute Gasteiger partial charge is 0.490 e. The highest BCUT2D eigenvalue weighted by Crippen LogP contribution is 2.37. The van der Waals surface area contributed by atoms with Crippen LogP contribution in [0.1, 0.15) is 35.7 Å². The molecule has 172 valence electrons. The molecule has 1 fully saturated rings. The molecule has 0 unspecified atom stereocenters. The van der Waals surface area contributed by atoms with Crippen molar-refractivity contribution in [1.29, 1.82) is 0 Å². The number of ether oxygens (including phenoxy) is 4. The summed E-state index contributed by atoms with van der Waals surface area (Å²) in [6, 6.07) is 11.0. The van der Waals surface area contributed by atoms with Crippen LogP contribution in [0.25, 0.3) is 6.08 Å². The molecule has 3 aliphatic heterocycles. The summed E-state index contributed by atoms with van der Waals surface area (Å²) < 4.78 is 22.6. The lowest BCUT2D eigenvalue weighted by Crippen LogP contribution is -2.42. The summed E-state index contributed by atoms with van der Waals surface area (Å²) >= 11 is 0. The zero-order chi connectivity index (χ0) is 22.8. The van der Waals surface area contributed by atoms with E-state index in [2.05, 4.69) is 0 Å². The average Bonchev–Trinajstić information content (AvgIpc) is 2.87. The summed E-state index contributed by atoms with van der Waals surface area (Å²) in [4.78, 5) is 28.0. The monoisotopic (exact) mass is 449 g/mol. The third-order valence-corrected chi connectivity index (χ3v) is 6.27. The molecule has 5 rings (SSSR count). The number of carbonyl (C=O) groups excluding carboxylic acids is 2. The van der Waals surface area contributed by atoms with E-state index in [9.17, 15) is 9.59 Å². The Morgan fingerprint density at radius 2 is 1.82 bits per heavy atom. The van der Waals surface area contributed by atoms with E-state index in [4.69, 9.17) is 18.9 Å². The quantitative estimate of drug-likeness (QED) is 0.648. The maximum atomic E-state index is 13.1. The van der Waals surface area contributed by atoms with Crippen LogP contribution in [0.4, 0.5) is 0 Å². The van der Waals surface area contributed by atoms with Crippen molar-refractivity contribution in [3.8, 4) is 23.0 Å². The molecule has 0 bridgehead atoms. The molecule has 0 aromatic heterocycles. The Hall–Kier alpha value is -3.48. The van der Waals surface area contributed by atoms with E-state index in [0.29, 0.717) is 79.9 Å². The predicted octanol–water partition coefficient (Wildman–Crippen LogP) is 3.75. The molecule has 3 heterocycles. The third kappa shape index (κ3) is 4.27. The average molecular weight is 450 g/mol. The van der Waals surface area contributed by atoms with Crippen LogP contribution in [0, 0.1) is 5.92 Å². The Labute approximate surface area is 192 Å². The summed E-state index contributed by atoms with van der Waals surface area (Å²) in [5, 5.41) is 0. The smallest absolute Gasteiger partial charge is 0.253 e. The first-order valence-corrected chi connectivity index (χ1v) is 11.5. The zero-order valence-electron chi connectivity index (χ0n) is 18.7. The van der Waals surface area contributed by atoms with Gasteiger partial charge < -0.3 is 23.8 Å². The Kier molecular flexibility index (Phi) is 5.94. The fourth-order valence-electron chi connectivity index (χ4n) is 4.55. The Balaban J connectivity index is 1.23. The standard InChI is InChI=1S/C26H27NO6/c1-2-30-22-5-3-4-19-14-20(16-33-25(19)22)26(29)27-10-8-17(9-11-27)24(28)18-6-7-21-23(15-18)32-13-12-31-21/h3-7,14-15,17H,2,8-13,16H2,1H3. The number of nitrogens with zero attached hydrogens (tertiary/aromatic N) is 1. The van der Waals surface area contributed by atoms with Gasteiger partial charge in [0.05, 0.1) is 12.2 Å². The van der Waals surface area contributed by atoms with E-state index in [1.165, 1.54) is 0 Å². The van der Waals surface area contributed by atoms with Gasteiger partial charge in [0.25, 0.3) is 5.91 Å². The number of likely N-dealkylation sites (tertiary alicyclic amines) is 1. The van der Waals surface area contributed by atoms with Crippen molar-refractivity contribution < 1.29 is 28.5 Å². The minimum Gasteiger partial charge on any atom is -0.490 e. The van der Waals surface area contributed by atoms with Crippen LogP contribution in [0.15, 0.2) is 42.0 Å².